The molecule has 2 heterocycles. The Morgan fingerprint density at radius 1 is 0.969 bits per heavy atom. The number of amides is 2. The van der Waals surface area contributed by atoms with Crippen LogP contribution < -0.4 is 0 Å². The number of furan rings is 1. The van der Waals surface area contributed by atoms with E-state index in [-0.39, 0.29) is 27.2 Å². The number of nitrogens with zero attached hydrogens (tertiary/aromatic N) is 1. The third-order valence-electron chi connectivity index (χ3n) is 4.94. The van der Waals surface area contributed by atoms with Crippen molar-refractivity contribution in [2.24, 2.45) is 0 Å². The van der Waals surface area contributed by atoms with E-state index < -0.39 is 17.6 Å². The Hall–Kier alpha value is -3.26. The van der Waals surface area contributed by atoms with E-state index in [1.54, 1.807) is 6.07 Å². The highest BCUT2D eigenvalue weighted by atomic mass is 32.2. The van der Waals surface area contributed by atoms with Crippen LogP contribution in [-0.4, -0.2) is 22.6 Å². The number of hydrogen-bond donors (Lipinski definition) is 0. The van der Waals surface area contributed by atoms with Crippen LogP contribution in [0.2, 0.25) is 0 Å². The molecule has 0 N–H and O–H groups in total. The Bertz CT molecular complexity index is 1170. The van der Waals surface area contributed by atoms with E-state index in [2.05, 4.69) is 0 Å². The first-order valence-corrected chi connectivity index (χ1v) is 10.7. The predicted octanol–water partition coefficient (Wildman–Crippen LogP) is 6.63. The van der Waals surface area contributed by atoms with Crippen molar-refractivity contribution >= 4 is 29.0 Å². The van der Waals surface area contributed by atoms with Crippen LogP contribution in [0, 0.1) is 0 Å². The van der Waals surface area contributed by atoms with Crippen molar-refractivity contribution in [1.29, 1.82) is 0 Å². The van der Waals surface area contributed by atoms with Crippen LogP contribution in [0.5, 0.6) is 0 Å². The van der Waals surface area contributed by atoms with E-state index in [0.29, 0.717) is 13.0 Å². The smallest absolute Gasteiger partial charge is 0.416 e. The second-order valence-corrected chi connectivity index (χ2v) is 8.20. The molecule has 1 saturated heterocycles. The molecule has 0 radical (unpaired) electrons. The largest absolute Gasteiger partial charge is 0.457 e. The van der Waals surface area contributed by atoms with Gasteiger partial charge in [0.05, 0.1) is 10.5 Å². The maximum atomic E-state index is 12.9. The lowest BCUT2D eigenvalue weighted by Crippen LogP contribution is -2.29. The van der Waals surface area contributed by atoms with Gasteiger partial charge in [0.25, 0.3) is 11.1 Å². The van der Waals surface area contributed by atoms with Gasteiger partial charge in [-0.25, -0.2) is 0 Å². The summed E-state index contributed by atoms with van der Waals surface area (Å²) >= 11 is 0.824. The molecular weight excluding hydrogens is 439 g/mol. The Kier molecular flexibility index (Phi) is 6.23. The van der Waals surface area contributed by atoms with Gasteiger partial charge in [-0.05, 0) is 54.4 Å². The molecule has 32 heavy (non-hydrogen) atoms. The third-order valence-corrected chi connectivity index (χ3v) is 5.85. The highest BCUT2D eigenvalue weighted by Gasteiger charge is 2.35. The average Bonchev–Trinajstić information content (AvgIpc) is 3.34. The molecule has 8 heteroatoms. The number of rotatable bonds is 6. The lowest BCUT2D eigenvalue weighted by Gasteiger charge is -2.11. The molecule has 3 aromatic rings. The number of thioether (sulfide) groups is 1. The lowest BCUT2D eigenvalue weighted by molar-refractivity contribution is -0.137. The summed E-state index contributed by atoms with van der Waals surface area (Å²) in [7, 11) is 0. The maximum Gasteiger partial charge on any atom is 0.416 e. The van der Waals surface area contributed by atoms with E-state index in [0.717, 1.165) is 35.9 Å². The minimum Gasteiger partial charge on any atom is -0.457 e. The number of alkyl halides is 3. The molecule has 0 spiro atoms. The standard InChI is InChI=1S/C24H18F3NO3S/c25-24(26,27)18-10-4-9-17(14-18)20-12-11-19(31-20)15-21-22(29)28(23(30)32-21)13-5-8-16-6-2-1-3-7-16/h1-4,6-7,9-12,14-15H,5,8,13H2/b21-15+. The van der Waals surface area contributed by atoms with Crippen LogP contribution in [-0.2, 0) is 17.4 Å². The first kappa shape index (κ1) is 22.0. The number of hydrogen-bond acceptors (Lipinski definition) is 4. The zero-order chi connectivity index (χ0) is 22.7. The second-order valence-electron chi connectivity index (χ2n) is 7.20. The van der Waals surface area contributed by atoms with E-state index >= 15 is 0 Å². The molecule has 2 aromatic carbocycles. The molecule has 4 nitrogen and oxygen atoms in total. The molecule has 0 bridgehead atoms. The fraction of sp³-hybridized carbons (Fsp3) is 0.167. The van der Waals surface area contributed by atoms with Crippen molar-refractivity contribution in [3.8, 4) is 11.3 Å². The monoisotopic (exact) mass is 457 g/mol. The SMILES string of the molecule is O=C1S/C(=C/c2ccc(-c3cccc(C(F)(F)F)c3)o2)C(=O)N1CCCc1ccccc1. The van der Waals surface area contributed by atoms with E-state index in [1.807, 2.05) is 30.3 Å². The molecule has 0 atom stereocenters. The van der Waals surface area contributed by atoms with Crippen LogP contribution in [0.25, 0.3) is 17.4 Å². The molecule has 1 fully saturated rings. The van der Waals surface area contributed by atoms with Gasteiger partial charge in [0.1, 0.15) is 11.5 Å². The lowest BCUT2D eigenvalue weighted by atomic mass is 10.1. The number of aryl methyl sites for hydroxylation is 1. The first-order chi connectivity index (χ1) is 15.3. The van der Waals surface area contributed by atoms with Crippen LogP contribution in [0.3, 0.4) is 0 Å². The fourth-order valence-corrected chi connectivity index (χ4v) is 4.19. The van der Waals surface area contributed by atoms with Gasteiger partial charge in [0.15, 0.2) is 0 Å². The molecule has 1 aliphatic rings. The minimum atomic E-state index is -4.45. The fourth-order valence-electron chi connectivity index (χ4n) is 3.34. The molecule has 1 aromatic heterocycles. The highest BCUT2D eigenvalue weighted by Crippen LogP contribution is 2.35. The molecule has 2 amide bonds. The zero-order valence-electron chi connectivity index (χ0n) is 16.8. The summed E-state index contributed by atoms with van der Waals surface area (Å²) in [5.74, 6) is 0.127. The van der Waals surface area contributed by atoms with Gasteiger partial charge >= 0.3 is 6.18 Å². The van der Waals surface area contributed by atoms with Crippen LogP contribution in [0.15, 0.2) is 76.1 Å². The van der Waals surface area contributed by atoms with E-state index in [9.17, 15) is 22.8 Å². The Labute approximate surface area is 186 Å². The van der Waals surface area contributed by atoms with Gasteiger partial charge < -0.3 is 4.42 Å². The number of carbonyl (C=O) groups is 2. The Balaban J connectivity index is 1.44. The van der Waals surface area contributed by atoms with Gasteiger partial charge in [-0.15, -0.1) is 0 Å². The van der Waals surface area contributed by atoms with Crippen molar-refractivity contribution in [3.05, 3.63) is 88.5 Å². The van der Waals surface area contributed by atoms with E-state index in [4.69, 9.17) is 4.42 Å². The van der Waals surface area contributed by atoms with Crippen molar-refractivity contribution in [2.75, 3.05) is 6.54 Å². The van der Waals surface area contributed by atoms with E-state index in [1.165, 1.54) is 29.2 Å². The minimum absolute atomic E-state index is 0.222. The zero-order valence-corrected chi connectivity index (χ0v) is 17.6. The second kappa shape index (κ2) is 9.08. The van der Waals surface area contributed by atoms with Crippen molar-refractivity contribution in [3.63, 3.8) is 0 Å². The van der Waals surface area contributed by atoms with Gasteiger partial charge in [0.2, 0.25) is 0 Å². The summed E-state index contributed by atoms with van der Waals surface area (Å²) in [6.07, 6.45) is -1.61. The average molecular weight is 457 g/mol. The Morgan fingerprint density at radius 2 is 1.75 bits per heavy atom. The summed E-state index contributed by atoms with van der Waals surface area (Å²) < 4.78 is 44.4. The Morgan fingerprint density at radius 3 is 2.50 bits per heavy atom. The van der Waals surface area contributed by atoms with Crippen molar-refractivity contribution < 1.29 is 27.2 Å². The van der Waals surface area contributed by atoms with Gasteiger partial charge in [-0.2, -0.15) is 13.2 Å². The maximum absolute atomic E-state index is 12.9. The molecule has 1 aliphatic heterocycles. The van der Waals surface area contributed by atoms with Crippen LogP contribution in [0.4, 0.5) is 18.0 Å². The quantitative estimate of drug-likeness (QED) is 0.390. The highest BCUT2D eigenvalue weighted by molar-refractivity contribution is 8.18. The summed E-state index contributed by atoms with van der Waals surface area (Å²) in [4.78, 5) is 26.3. The summed E-state index contributed by atoms with van der Waals surface area (Å²) in [5.41, 5.74) is 0.630. The predicted molar refractivity (Wildman–Crippen MR) is 117 cm³/mol. The summed E-state index contributed by atoms with van der Waals surface area (Å²) in [5, 5.41) is -0.348. The molecule has 0 unspecified atom stereocenters. The molecular formula is C24H18F3NO3S. The van der Waals surface area contributed by atoms with Crippen molar-refractivity contribution in [2.45, 2.75) is 19.0 Å². The summed E-state index contributed by atoms with van der Waals surface area (Å²) in [6, 6.07) is 17.7. The number of carbonyl (C=O) groups excluding carboxylic acids is 2. The van der Waals surface area contributed by atoms with Crippen LogP contribution in [0.1, 0.15) is 23.3 Å². The van der Waals surface area contributed by atoms with Crippen LogP contribution >= 0.6 is 11.8 Å². The number of benzene rings is 2. The molecule has 164 valence electrons. The van der Waals surface area contributed by atoms with Crippen molar-refractivity contribution in [1.82, 2.24) is 4.90 Å². The summed E-state index contributed by atoms with van der Waals surface area (Å²) in [6.45, 7) is 0.310. The normalized spacial score (nSPS) is 15.7. The van der Waals surface area contributed by atoms with Gasteiger partial charge in [-0.3, -0.25) is 14.5 Å². The number of imide groups is 1. The van der Waals surface area contributed by atoms with Gasteiger partial charge in [-0.1, -0.05) is 42.5 Å². The topological polar surface area (TPSA) is 50.5 Å². The first-order valence-electron chi connectivity index (χ1n) is 9.88. The molecule has 4 rings (SSSR count). The number of halogens is 3. The molecule has 0 aliphatic carbocycles. The molecule has 0 saturated carbocycles. The third kappa shape index (κ3) is 4.96. The van der Waals surface area contributed by atoms with Gasteiger partial charge in [0, 0.05) is 18.2 Å².